The van der Waals surface area contributed by atoms with Crippen LogP contribution in [0.2, 0.25) is 0 Å². The number of piperidine rings is 1. The molecule has 0 spiro atoms. The van der Waals surface area contributed by atoms with Gasteiger partial charge in [0.15, 0.2) is 0 Å². The monoisotopic (exact) mass is 233 g/mol. The number of carbonyl (C=O) groups is 2. The van der Waals surface area contributed by atoms with Crippen LogP contribution < -0.4 is 10.1 Å². The predicted octanol–water partition coefficient (Wildman–Crippen LogP) is 1.61. The number of rotatable bonds is 3. The number of ether oxygens (including phenoxy) is 1. The average molecular weight is 233 g/mol. The zero-order valence-electron chi connectivity index (χ0n) is 9.73. The van der Waals surface area contributed by atoms with Crippen LogP contribution in [-0.4, -0.2) is 18.4 Å². The molecule has 1 saturated heterocycles. The number of carbonyl (C=O) groups excluding carboxylic acids is 2. The van der Waals surface area contributed by atoms with E-state index in [4.69, 9.17) is 4.74 Å². The van der Waals surface area contributed by atoms with Crippen molar-refractivity contribution in [1.29, 1.82) is 0 Å². The molecule has 4 heteroatoms. The van der Waals surface area contributed by atoms with Gasteiger partial charge in [-0.05, 0) is 31.0 Å². The molecule has 1 N–H and O–H groups in total. The van der Waals surface area contributed by atoms with Gasteiger partial charge in [-0.1, -0.05) is 12.1 Å². The molecule has 1 aliphatic heterocycles. The van der Waals surface area contributed by atoms with Crippen molar-refractivity contribution in [2.24, 2.45) is 0 Å². The quantitative estimate of drug-likeness (QED) is 0.807. The smallest absolute Gasteiger partial charge is 0.234 e. The van der Waals surface area contributed by atoms with Crippen molar-refractivity contribution in [3.05, 3.63) is 29.8 Å². The van der Waals surface area contributed by atoms with Crippen LogP contribution in [0.1, 0.15) is 31.2 Å². The molecule has 0 saturated carbocycles. The molecule has 2 rings (SSSR count). The summed E-state index contributed by atoms with van der Waals surface area (Å²) in [5.41, 5.74) is 0.929. The minimum Gasteiger partial charge on any atom is -0.494 e. The molecule has 0 unspecified atom stereocenters. The first-order valence-corrected chi connectivity index (χ1v) is 5.77. The predicted molar refractivity (Wildman–Crippen MR) is 62.7 cm³/mol. The second kappa shape index (κ2) is 4.99. The third-order valence-electron chi connectivity index (χ3n) is 2.83. The van der Waals surface area contributed by atoms with Crippen LogP contribution in [0.4, 0.5) is 0 Å². The molecular weight excluding hydrogens is 218 g/mol. The molecule has 0 radical (unpaired) electrons. The van der Waals surface area contributed by atoms with Crippen LogP contribution in [0.3, 0.4) is 0 Å². The minimum absolute atomic E-state index is 0.183. The Bertz CT molecular complexity index is 425. The van der Waals surface area contributed by atoms with E-state index >= 15 is 0 Å². The number of nitrogens with one attached hydrogen (secondary N) is 1. The number of imide groups is 1. The summed E-state index contributed by atoms with van der Waals surface area (Å²) >= 11 is 0. The van der Waals surface area contributed by atoms with Crippen LogP contribution in [0, 0.1) is 0 Å². The highest BCUT2D eigenvalue weighted by atomic mass is 16.5. The summed E-state index contributed by atoms with van der Waals surface area (Å²) < 4.78 is 5.34. The van der Waals surface area contributed by atoms with Gasteiger partial charge in [0.1, 0.15) is 5.75 Å². The summed E-state index contributed by atoms with van der Waals surface area (Å²) in [5.74, 6) is 0.189. The number of hydrogen-bond donors (Lipinski definition) is 1. The van der Waals surface area contributed by atoms with Gasteiger partial charge in [0.25, 0.3) is 0 Å². The van der Waals surface area contributed by atoms with Gasteiger partial charge in [-0.2, -0.15) is 0 Å². The van der Waals surface area contributed by atoms with E-state index in [-0.39, 0.29) is 17.7 Å². The lowest BCUT2D eigenvalue weighted by Crippen LogP contribution is -2.39. The lowest BCUT2D eigenvalue weighted by Gasteiger charge is -2.21. The number of hydrogen-bond acceptors (Lipinski definition) is 3. The van der Waals surface area contributed by atoms with Crippen LogP contribution >= 0.6 is 0 Å². The van der Waals surface area contributed by atoms with Gasteiger partial charge in [0, 0.05) is 6.42 Å². The zero-order valence-corrected chi connectivity index (χ0v) is 9.73. The van der Waals surface area contributed by atoms with E-state index in [1.165, 1.54) is 0 Å². The molecule has 1 atom stereocenters. The van der Waals surface area contributed by atoms with Gasteiger partial charge in [0.2, 0.25) is 11.8 Å². The standard InChI is InChI=1S/C13H15NO3/c1-2-17-10-5-3-9(4-6-10)11-7-8-12(15)14-13(11)16/h3-6,11H,2,7-8H2,1H3,(H,14,15,16)/t11-/m0/s1. The van der Waals surface area contributed by atoms with Crippen molar-refractivity contribution in [3.8, 4) is 5.75 Å². The molecule has 4 nitrogen and oxygen atoms in total. The molecule has 1 fully saturated rings. The summed E-state index contributed by atoms with van der Waals surface area (Å²) in [5, 5.41) is 2.36. The highest BCUT2D eigenvalue weighted by molar-refractivity contribution is 6.00. The topological polar surface area (TPSA) is 55.4 Å². The summed E-state index contributed by atoms with van der Waals surface area (Å²) in [6.07, 6.45) is 0.988. The number of amides is 2. The fraction of sp³-hybridized carbons (Fsp3) is 0.385. The van der Waals surface area contributed by atoms with Gasteiger partial charge in [-0.15, -0.1) is 0 Å². The van der Waals surface area contributed by atoms with Gasteiger partial charge in [0.05, 0.1) is 12.5 Å². The molecule has 0 aliphatic carbocycles. The van der Waals surface area contributed by atoms with Gasteiger partial charge < -0.3 is 4.74 Å². The van der Waals surface area contributed by atoms with E-state index in [2.05, 4.69) is 5.32 Å². The fourth-order valence-corrected chi connectivity index (χ4v) is 1.97. The number of benzene rings is 1. The second-order valence-electron chi connectivity index (χ2n) is 4.01. The van der Waals surface area contributed by atoms with E-state index < -0.39 is 0 Å². The van der Waals surface area contributed by atoms with Crippen molar-refractivity contribution < 1.29 is 14.3 Å². The zero-order chi connectivity index (χ0) is 12.3. The Morgan fingerprint density at radius 3 is 2.59 bits per heavy atom. The second-order valence-corrected chi connectivity index (χ2v) is 4.01. The van der Waals surface area contributed by atoms with Gasteiger partial charge >= 0.3 is 0 Å². The third-order valence-corrected chi connectivity index (χ3v) is 2.83. The molecule has 0 bridgehead atoms. The maximum absolute atomic E-state index is 11.7. The highest BCUT2D eigenvalue weighted by Gasteiger charge is 2.27. The Hall–Kier alpha value is -1.84. The minimum atomic E-state index is -0.219. The van der Waals surface area contributed by atoms with Crippen molar-refractivity contribution in [3.63, 3.8) is 0 Å². The normalized spacial score (nSPS) is 19.9. The maximum Gasteiger partial charge on any atom is 0.234 e. The van der Waals surface area contributed by atoms with E-state index in [9.17, 15) is 9.59 Å². The van der Waals surface area contributed by atoms with Crippen molar-refractivity contribution in [2.45, 2.75) is 25.7 Å². The first-order chi connectivity index (χ1) is 8.20. The molecule has 0 aromatic heterocycles. The molecule has 1 heterocycles. The Kier molecular flexibility index (Phi) is 3.42. The molecule has 17 heavy (non-hydrogen) atoms. The SMILES string of the molecule is CCOc1ccc([C@@H]2CCC(=O)NC2=O)cc1. The maximum atomic E-state index is 11.7. The van der Waals surface area contributed by atoms with E-state index in [0.29, 0.717) is 19.4 Å². The molecule has 1 aliphatic rings. The summed E-state index contributed by atoms with van der Waals surface area (Å²) in [7, 11) is 0. The van der Waals surface area contributed by atoms with Crippen molar-refractivity contribution >= 4 is 11.8 Å². The lowest BCUT2D eigenvalue weighted by atomic mass is 9.90. The molecule has 1 aromatic carbocycles. The van der Waals surface area contributed by atoms with Crippen LogP contribution in [0.25, 0.3) is 0 Å². The molecule has 90 valence electrons. The van der Waals surface area contributed by atoms with Crippen LogP contribution in [0.15, 0.2) is 24.3 Å². The molecule has 2 amide bonds. The fourth-order valence-electron chi connectivity index (χ4n) is 1.97. The van der Waals surface area contributed by atoms with E-state index in [1.54, 1.807) is 0 Å². The van der Waals surface area contributed by atoms with Crippen LogP contribution in [0.5, 0.6) is 5.75 Å². The van der Waals surface area contributed by atoms with Gasteiger partial charge in [-0.3, -0.25) is 14.9 Å². The Balaban J connectivity index is 2.11. The van der Waals surface area contributed by atoms with Gasteiger partial charge in [-0.25, -0.2) is 0 Å². The highest BCUT2D eigenvalue weighted by Crippen LogP contribution is 2.26. The Morgan fingerprint density at radius 1 is 1.29 bits per heavy atom. The van der Waals surface area contributed by atoms with E-state index in [0.717, 1.165) is 11.3 Å². The lowest BCUT2D eigenvalue weighted by molar-refractivity contribution is -0.134. The molecule has 1 aromatic rings. The third kappa shape index (κ3) is 2.64. The van der Waals surface area contributed by atoms with Crippen molar-refractivity contribution in [1.82, 2.24) is 5.32 Å². The Morgan fingerprint density at radius 2 is 2.00 bits per heavy atom. The summed E-state index contributed by atoms with van der Waals surface area (Å²) in [4.78, 5) is 22.7. The summed E-state index contributed by atoms with van der Waals surface area (Å²) in [6, 6.07) is 7.46. The first kappa shape index (κ1) is 11.6. The average Bonchev–Trinajstić information content (AvgIpc) is 2.31. The molecular formula is C13H15NO3. The van der Waals surface area contributed by atoms with E-state index in [1.807, 2.05) is 31.2 Å². The first-order valence-electron chi connectivity index (χ1n) is 5.77. The van der Waals surface area contributed by atoms with Crippen molar-refractivity contribution in [2.75, 3.05) is 6.61 Å². The summed E-state index contributed by atoms with van der Waals surface area (Å²) in [6.45, 7) is 2.55. The van der Waals surface area contributed by atoms with Crippen LogP contribution in [-0.2, 0) is 9.59 Å². The Labute approximate surface area is 100.0 Å². The largest absolute Gasteiger partial charge is 0.494 e.